The Morgan fingerprint density at radius 2 is 2.17 bits per heavy atom. The number of anilines is 2. The molecule has 1 heterocycles. The maximum absolute atomic E-state index is 13.1. The highest BCUT2D eigenvalue weighted by molar-refractivity contribution is 7.80. The first kappa shape index (κ1) is 12.4. The summed E-state index contributed by atoms with van der Waals surface area (Å²) in [5.74, 6) is 0.199. The normalized spacial score (nSPS) is 10.1. The van der Waals surface area contributed by atoms with Crippen LogP contribution >= 0.6 is 12.2 Å². The summed E-state index contributed by atoms with van der Waals surface area (Å²) >= 11 is 4.92. The molecule has 0 aliphatic heterocycles. The van der Waals surface area contributed by atoms with E-state index in [1.165, 1.54) is 12.3 Å². The van der Waals surface area contributed by atoms with Gasteiger partial charge in [-0.3, -0.25) is 0 Å². The van der Waals surface area contributed by atoms with Crippen molar-refractivity contribution >= 4 is 28.7 Å². The van der Waals surface area contributed by atoms with E-state index in [9.17, 15) is 4.39 Å². The molecular formula is C12H11FN4S. The number of aromatic nitrogens is 2. The van der Waals surface area contributed by atoms with Crippen LogP contribution in [0.25, 0.3) is 0 Å². The quantitative estimate of drug-likeness (QED) is 0.831. The van der Waals surface area contributed by atoms with Crippen LogP contribution in [0.2, 0.25) is 0 Å². The van der Waals surface area contributed by atoms with Crippen molar-refractivity contribution in [3.05, 3.63) is 47.4 Å². The Kier molecular flexibility index (Phi) is 3.47. The molecule has 6 heteroatoms. The number of hydrogen-bond donors (Lipinski definition) is 2. The predicted molar refractivity (Wildman–Crippen MR) is 72.3 cm³/mol. The summed E-state index contributed by atoms with van der Waals surface area (Å²) in [4.78, 5) is 0.228. The zero-order valence-corrected chi connectivity index (χ0v) is 10.5. The van der Waals surface area contributed by atoms with Gasteiger partial charge in [-0.2, -0.15) is 5.10 Å². The number of rotatable bonds is 3. The molecule has 1 aromatic heterocycles. The third-order valence-electron chi connectivity index (χ3n) is 2.41. The lowest BCUT2D eigenvalue weighted by molar-refractivity contribution is 0.619. The first-order valence-corrected chi connectivity index (χ1v) is 5.63. The topological polar surface area (TPSA) is 63.8 Å². The Morgan fingerprint density at radius 3 is 2.83 bits per heavy atom. The SMILES string of the molecule is Cc1cc(Nc2nnccc2C(N)=S)ccc1F. The van der Waals surface area contributed by atoms with E-state index in [0.29, 0.717) is 22.6 Å². The van der Waals surface area contributed by atoms with Crippen LogP contribution in [0.3, 0.4) is 0 Å². The summed E-state index contributed by atoms with van der Waals surface area (Å²) in [5.41, 5.74) is 7.43. The van der Waals surface area contributed by atoms with E-state index in [2.05, 4.69) is 15.5 Å². The highest BCUT2D eigenvalue weighted by Gasteiger charge is 2.07. The molecule has 4 nitrogen and oxygen atoms in total. The average Bonchev–Trinajstić information content (AvgIpc) is 2.34. The Labute approximate surface area is 109 Å². The smallest absolute Gasteiger partial charge is 0.163 e. The number of nitrogens with zero attached hydrogens (tertiary/aromatic N) is 2. The summed E-state index contributed by atoms with van der Waals surface area (Å²) in [6.45, 7) is 1.69. The molecule has 0 saturated carbocycles. The minimum absolute atomic E-state index is 0.228. The van der Waals surface area contributed by atoms with Gasteiger partial charge in [-0.05, 0) is 36.8 Å². The van der Waals surface area contributed by atoms with E-state index >= 15 is 0 Å². The molecular weight excluding hydrogens is 251 g/mol. The molecule has 0 amide bonds. The highest BCUT2D eigenvalue weighted by Crippen LogP contribution is 2.19. The van der Waals surface area contributed by atoms with Crippen LogP contribution in [0.5, 0.6) is 0 Å². The lowest BCUT2D eigenvalue weighted by Gasteiger charge is -2.09. The summed E-state index contributed by atoms with van der Waals surface area (Å²) in [7, 11) is 0. The van der Waals surface area contributed by atoms with Crippen LogP contribution in [-0.2, 0) is 0 Å². The number of nitrogens with two attached hydrogens (primary N) is 1. The van der Waals surface area contributed by atoms with Crippen molar-refractivity contribution in [3.8, 4) is 0 Å². The second kappa shape index (κ2) is 5.05. The Bertz CT molecular complexity index is 600. The third-order valence-corrected chi connectivity index (χ3v) is 2.63. The van der Waals surface area contributed by atoms with Crippen molar-refractivity contribution in [3.63, 3.8) is 0 Å². The van der Waals surface area contributed by atoms with Gasteiger partial charge in [0.15, 0.2) is 5.82 Å². The fraction of sp³-hybridized carbons (Fsp3) is 0.0833. The van der Waals surface area contributed by atoms with Gasteiger partial charge in [0.1, 0.15) is 10.8 Å². The van der Waals surface area contributed by atoms with Crippen LogP contribution < -0.4 is 11.1 Å². The molecule has 0 fully saturated rings. The van der Waals surface area contributed by atoms with Crippen molar-refractivity contribution in [2.24, 2.45) is 5.73 Å². The lowest BCUT2D eigenvalue weighted by Crippen LogP contribution is -2.13. The first-order chi connectivity index (χ1) is 8.58. The molecule has 0 radical (unpaired) electrons. The van der Waals surface area contributed by atoms with Crippen molar-refractivity contribution in [1.82, 2.24) is 10.2 Å². The fourth-order valence-corrected chi connectivity index (χ4v) is 1.65. The van der Waals surface area contributed by atoms with Crippen LogP contribution in [0.15, 0.2) is 30.5 Å². The van der Waals surface area contributed by atoms with Crippen LogP contribution in [0, 0.1) is 12.7 Å². The molecule has 0 aliphatic carbocycles. The zero-order chi connectivity index (χ0) is 13.1. The number of benzene rings is 1. The van der Waals surface area contributed by atoms with E-state index < -0.39 is 0 Å². The molecule has 1 aromatic carbocycles. The van der Waals surface area contributed by atoms with E-state index in [1.807, 2.05) is 0 Å². The number of thiocarbonyl (C=S) groups is 1. The van der Waals surface area contributed by atoms with Crippen molar-refractivity contribution in [2.45, 2.75) is 6.92 Å². The molecule has 3 N–H and O–H groups in total. The minimum Gasteiger partial charge on any atom is -0.389 e. The molecule has 0 bridgehead atoms. The third kappa shape index (κ3) is 2.60. The average molecular weight is 262 g/mol. The van der Waals surface area contributed by atoms with Crippen molar-refractivity contribution < 1.29 is 4.39 Å². The largest absolute Gasteiger partial charge is 0.389 e. The number of halogens is 1. The zero-order valence-electron chi connectivity index (χ0n) is 9.64. The van der Waals surface area contributed by atoms with Gasteiger partial charge in [0.25, 0.3) is 0 Å². The van der Waals surface area contributed by atoms with Gasteiger partial charge in [0, 0.05) is 5.69 Å². The fourth-order valence-electron chi connectivity index (χ4n) is 1.48. The first-order valence-electron chi connectivity index (χ1n) is 5.22. The molecule has 0 atom stereocenters. The van der Waals surface area contributed by atoms with Gasteiger partial charge in [0.2, 0.25) is 0 Å². The van der Waals surface area contributed by atoms with Crippen LogP contribution in [-0.4, -0.2) is 15.2 Å². The maximum Gasteiger partial charge on any atom is 0.163 e. The number of nitrogens with one attached hydrogen (secondary N) is 1. The van der Waals surface area contributed by atoms with Gasteiger partial charge in [-0.25, -0.2) is 4.39 Å². The van der Waals surface area contributed by atoms with E-state index in [1.54, 1.807) is 25.1 Å². The second-order valence-electron chi connectivity index (χ2n) is 3.75. The summed E-state index contributed by atoms with van der Waals surface area (Å²) in [5, 5.41) is 10.7. The predicted octanol–water partition coefficient (Wildman–Crippen LogP) is 2.30. The van der Waals surface area contributed by atoms with Crippen LogP contribution in [0.4, 0.5) is 15.9 Å². The molecule has 0 aliphatic rings. The van der Waals surface area contributed by atoms with Gasteiger partial charge in [0.05, 0.1) is 11.8 Å². The van der Waals surface area contributed by atoms with Gasteiger partial charge >= 0.3 is 0 Å². The molecule has 92 valence electrons. The number of hydrogen-bond acceptors (Lipinski definition) is 4. The maximum atomic E-state index is 13.1. The van der Waals surface area contributed by atoms with E-state index in [-0.39, 0.29) is 10.8 Å². The second-order valence-corrected chi connectivity index (χ2v) is 4.19. The summed E-state index contributed by atoms with van der Waals surface area (Å²) in [6, 6.07) is 6.34. The molecule has 2 rings (SSSR count). The lowest BCUT2D eigenvalue weighted by atomic mass is 10.2. The van der Waals surface area contributed by atoms with Crippen molar-refractivity contribution in [1.29, 1.82) is 0 Å². The standard InChI is InChI=1S/C12H11FN4S/c1-7-6-8(2-3-10(7)13)16-12-9(11(14)18)4-5-15-17-12/h2-6H,1H3,(H2,14,18)(H,16,17). The van der Waals surface area contributed by atoms with E-state index in [4.69, 9.17) is 18.0 Å². The molecule has 2 aromatic rings. The Hall–Kier alpha value is -2.08. The summed E-state index contributed by atoms with van der Waals surface area (Å²) in [6.07, 6.45) is 1.51. The van der Waals surface area contributed by atoms with Gasteiger partial charge < -0.3 is 11.1 Å². The number of aryl methyl sites for hydroxylation is 1. The van der Waals surface area contributed by atoms with E-state index in [0.717, 1.165) is 0 Å². The van der Waals surface area contributed by atoms with Gasteiger partial charge in [-0.15, -0.1) is 5.10 Å². The highest BCUT2D eigenvalue weighted by atomic mass is 32.1. The molecule has 0 saturated heterocycles. The molecule has 0 unspecified atom stereocenters. The van der Waals surface area contributed by atoms with Crippen molar-refractivity contribution in [2.75, 3.05) is 5.32 Å². The minimum atomic E-state index is -0.255. The Balaban J connectivity index is 2.34. The summed E-state index contributed by atoms with van der Waals surface area (Å²) < 4.78 is 13.1. The molecule has 18 heavy (non-hydrogen) atoms. The molecule has 0 spiro atoms. The monoisotopic (exact) mass is 262 g/mol. The van der Waals surface area contributed by atoms with Crippen LogP contribution in [0.1, 0.15) is 11.1 Å². The van der Waals surface area contributed by atoms with Gasteiger partial charge in [-0.1, -0.05) is 12.2 Å². The Morgan fingerprint density at radius 1 is 1.39 bits per heavy atom.